The molecule has 124 valence electrons. The number of rotatable bonds is 7. The maximum absolute atomic E-state index is 9.76. The minimum atomic E-state index is -0.174. The van der Waals surface area contributed by atoms with Gasteiger partial charge in [-0.05, 0) is 25.7 Å². The van der Waals surface area contributed by atoms with E-state index in [2.05, 4.69) is 22.2 Å². The van der Waals surface area contributed by atoms with E-state index in [1.165, 1.54) is 0 Å². The second kappa shape index (κ2) is 7.94. The first-order chi connectivity index (χ1) is 10.6. The Hall–Kier alpha value is -1.11. The molecule has 0 atom stereocenters. The van der Waals surface area contributed by atoms with Crippen LogP contribution in [0.2, 0.25) is 5.15 Å². The van der Waals surface area contributed by atoms with Crippen LogP contribution in [0.4, 0.5) is 11.8 Å². The van der Waals surface area contributed by atoms with Crippen LogP contribution in [0.1, 0.15) is 38.2 Å². The third kappa shape index (κ3) is 4.21. The number of aliphatic hydroxyl groups is 1. The van der Waals surface area contributed by atoms with Gasteiger partial charge in [-0.1, -0.05) is 24.9 Å². The van der Waals surface area contributed by atoms with Gasteiger partial charge in [0.05, 0.1) is 6.61 Å². The van der Waals surface area contributed by atoms with Gasteiger partial charge in [-0.2, -0.15) is 4.98 Å². The van der Waals surface area contributed by atoms with Crippen molar-refractivity contribution in [2.75, 3.05) is 37.4 Å². The van der Waals surface area contributed by atoms with Crippen LogP contribution in [0.15, 0.2) is 0 Å². The number of nitrogen functional groups attached to an aromatic ring is 1. The first kappa shape index (κ1) is 17.2. The molecule has 0 spiro atoms. The second-order valence-electron chi connectivity index (χ2n) is 5.93. The first-order valence-corrected chi connectivity index (χ1v) is 8.22. The molecule has 1 aromatic rings. The Morgan fingerprint density at radius 3 is 2.73 bits per heavy atom. The van der Waals surface area contributed by atoms with Gasteiger partial charge in [-0.3, -0.25) is 0 Å². The largest absolute Gasteiger partial charge is 0.396 e. The zero-order valence-corrected chi connectivity index (χ0v) is 13.8. The average molecular weight is 329 g/mol. The zero-order valence-electron chi connectivity index (χ0n) is 13.1. The van der Waals surface area contributed by atoms with Crippen molar-refractivity contribution >= 4 is 23.4 Å². The molecule has 1 aliphatic heterocycles. The molecular formula is C15H25ClN4O2. The number of aliphatic hydroxyl groups excluding tert-OH is 1. The van der Waals surface area contributed by atoms with E-state index in [9.17, 15) is 5.11 Å². The summed E-state index contributed by atoms with van der Waals surface area (Å²) in [7, 11) is 0. The van der Waals surface area contributed by atoms with Crippen molar-refractivity contribution in [1.82, 2.24) is 9.97 Å². The van der Waals surface area contributed by atoms with E-state index in [4.69, 9.17) is 22.1 Å². The highest BCUT2D eigenvalue weighted by molar-refractivity contribution is 6.30. The molecule has 6 nitrogen and oxygen atoms in total. The van der Waals surface area contributed by atoms with Crippen molar-refractivity contribution in [2.45, 2.75) is 39.0 Å². The van der Waals surface area contributed by atoms with Crippen molar-refractivity contribution in [3.8, 4) is 0 Å². The zero-order chi connectivity index (χ0) is 16.0. The Morgan fingerprint density at radius 1 is 1.36 bits per heavy atom. The van der Waals surface area contributed by atoms with E-state index in [1.807, 2.05) is 0 Å². The Labute approximate surface area is 136 Å². The van der Waals surface area contributed by atoms with Crippen LogP contribution >= 0.6 is 11.6 Å². The molecule has 0 aromatic carbocycles. The maximum atomic E-state index is 9.76. The molecule has 0 unspecified atom stereocenters. The highest BCUT2D eigenvalue weighted by Gasteiger charge is 2.32. The molecule has 0 saturated carbocycles. The van der Waals surface area contributed by atoms with Gasteiger partial charge < -0.3 is 20.9 Å². The molecule has 1 saturated heterocycles. The molecule has 2 rings (SSSR count). The number of nitrogens with zero attached hydrogens (tertiary/aromatic N) is 2. The van der Waals surface area contributed by atoms with Crippen LogP contribution in [0.25, 0.3) is 0 Å². The lowest BCUT2D eigenvalue weighted by molar-refractivity contribution is -0.00862. The summed E-state index contributed by atoms with van der Waals surface area (Å²) in [5.41, 5.74) is 6.44. The Morgan fingerprint density at radius 2 is 2.09 bits per heavy atom. The average Bonchev–Trinajstić information content (AvgIpc) is 2.53. The van der Waals surface area contributed by atoms with Gasteiger partial charge in [-0.25, -0.2) is 4.98 Å². The van der Waals surface area contributed by atoms with Gasteiger partial charge in [0.25, 0.3) is 0 Å². The molecule has 1 aromatic heterocycles. The van der Waals surface area contributed by atoms with Crippen molar-refractivity contribution in [3.05, 3.63) is 10.7 Å². The van der Waals surface area contributed by atoms with Gasteiger partial charge in [0.15, 0.2) is 0 Å². The summed E-state index contributed by atoms with van der Waals surface area (Å²) in [6.45, 7) is 4.23. The lowest BCUT2D eigenvalue weighted by Crippen LogP contribution is -2.39. The van der Waals surface area contributed by atoms with Gasteiger partial charge in [0, 0.05) is 30.7 Å². The lowest BCUT2D eigenvalue weighted by Gasteiger charge is -2.35. The number of unbranched alkanes of at least 4 members (excludes halogenated alkanes) is 1. The molecule has 0 radical (unpaired) electrons. The predicted octanol–water partition coefficient (Wildman–Crippen LogP) is 2.26. The summed E-state index contributed by atoms with van der Waals surface area (Å²) in [5, 5.41) is 13.5. The number of ether oxygens (including phenoxy) is 1. The number of anilines is 2. The SMILES string of the molecule is CCCCc1c(Cl)nc(N)nc1NCC1(CO)CCOCC1. The van der Waals surface area contributed by atoms with Crippen molar-refractivity contribution in [1.29, 1.82) is 0 Å². The molecule has 1 fully saturated rings. The van der Waals surface area contributed by atoms with Crippen molar-refractivity contribution < 1.29 is 9.84 Å². The number of halogens is 1. The monoisotopic (exact) mass is 328 g/mol. The van der Waals surface area contributed by atoms with Crippen molar-refractivity contribution in [3.63, 3.8) is 0 Å². The van der Waals surface area contributed by atoms with Crippen LogP contribution in [0.5, 0.6) is 0 Å². The van der Waals surface area contributed by atoms with Crippen molar-refractivity contribution in [2.24, 2.45) is 5.41 Å². The molecule has 2 heterocycles. The summed E-state index contributed by atoms with van der Waals surface area (Å²) < 4.78 is 5.39. The lowest BCUT2D eigenvalue weighted by atomic mass is 9.81. The Bertz CT molecular complexity index is 493. The van der Waals surface area contributed by atoms with Gasteiger partial charge in [-0.15, -0.1) is 0 Å². The molecule has 0 aliphatic carbocycles. The molecular weight excluding hydrogens is 304 g/mol. The predicted molar refractivity (Wildman–Crippen MR) is 88.1 cm³/mol. The molecule has 0 amide bonds. The summed E-state index contributed by atoms with van der Waals surface area (Å²) in [6.07, 6.45) is 4.55. The minimum absolute atomic E-state index is 0.127. The molecule has 0 bridgehead atoms. The maximum Gasteiger partial charge on any atom is 0.223 e. The quantitative estimate of drug-likeness (QED) is 0.665. The van der Waals surface area contributed by atoms with Crippen LogP contribution in [-0.4, -0.2) is 41.4 Å². The van der Waals surface area contributed by atoms with Crippen LogP contribution in [0, 0.1) is 5.41 Å². The molecule has 4 N–H and O–H groups in total. The fraction of sp³-hybridized carbons (Fsp3) is 0.733. The molecule has 22 heavy (non-hydrogen) atoms. The van der Waals surface area contributed by atoms with Crippen LogP contribution in [-0.2, 0) is 11.2 Å². The normalized spacial score (nSPS) is 17.4. The van der Waals surface area contributed by atoms with E-state index in [-0.39, 0.29) is 18.0 Å². The number of hydrogen-bond donors (Lipinski definition) is 3. The van der Waals surface area contributed by atoms with E-state index in [0.717, 1.165) is 37.7 Å². The fourth-order valence-corrected chi connectivity index (χ4v) is 2.93. The Balaban J connectivity index is 2.13. The number of nitrogens with two attached hydrogens (primary N) is 1. The summed E-state index contributed by atoms with van der Waals surface area (Å²) in [6, 6.07) is 0. The molecule has 7 heteroatoms. The second-order valence-corrected chi connectivity index (χ2v) is 6.29. The number of aromatic nitrogens is 2. The minimum Gasteiger partial charge on any atom is -0.396 e. The van der Waals surface area contributed by atoms with Gasteiger partial charge in [0.1, 0.15) is 11.0 Å². The van der Waals surface area contributed by atoms with E-state index >= 15 is 0 Å². The summed E-state index contributed by atoms with van der Waals surface area (Å²) in [5.74, 6) is 0.850. The topological polar surface area (TPSA) is 93.3 Å². The number of nitrogens with one attached hydrogen (secondary N) is 1. The Kier molecular flexibility index (Phi) is 6.23. The molecule has 1 aliphatic rings. The van der Waals surface area contributed by atoms with E-state index < -0.39 is 0 Å². The van der Waals surface area contributed by atoms with Gasteiger partial charge in [0.2, 0.25) is 5.95 Å². The summed E-state index contributed by atoms with van der Waals surface area (Å²) in [4.78, 5) is 8.34. The van der Waals surface area contributed by atoms with Gasteiger partial charge >= 0.3 is 0 Å². The highest BCUT2D eigenvalue weighted by atomic mass is 35.5. The standard InChI is InChI=1S/C15H25ClN4O2/c1-2-3-4-11-12(16)19-14(17)20-13(11)18-9-15(10-21)5-7-22-8-6-15/h21H,2-10H2,1H3,(H3,17,18,19,20). The van der Waals surface area contributed by atoms with E-state index in [0.29, 0.717) is 30.7 Å². The number of hydrogen-bond acceptors (Lipinski definition) is 6. The van der Waals surface area contributed by atoms with Crippen LogP contribution < -0.4 is 11.1 Å². The summed E-state index contributed by atoms with van der Waals surface area (Å²) >= 11 is 6.22. The third-order valence-electron chi connectivity index (χ3n) is 4.27. The highest BCUT2D eigenvalue weighted by Crippen LogP contribution is 2.31. The first-order valence-electron chi connectivity index (χ1n) is 7.84. The fourth-order valence-electron chi connectivity index (χ4n) is 2.66. The van der Waals surface area contributed by atoms with Crippen LogP contribution in [0.3, 0.4) is 0 Å². The smallest absolute Gasteiger partial charge is 0.223 e. The van der Waals surface area contributed by atoms with E-state index in [1.54, 1.807) is 0 Å². The third-order valence-corrected chi connectivity index (χ3v) is 4.59.